The van der Waals surface area contributed by atoms with Gasteiger partial charge in [0.1, 0.15) is 0 Å². The van der Waals surface area contributed by atoms with E-state index in [-0.39, 0.29) is 11.9 Å². The smallest absolute Gasteiger partial charge is 0.249 e. The zero-order valence-electron chi connectivity index (χ0n) is 11.1. The van der Waals surface area contributed by atoms with Gasteiger partial charge in [-0.1, -0.05) is 19.9 Å². The van der Waals surface area contributed by atoms with Crippen molar-refractivity contribution in [2.45, 2.75) is 58.1 Å². The molecule has 1 N–H and O–H groups in total. The summed E-state index contributed by atoms with van der Waals surface area (Å²) >= 11 is 0. The Hall–Kier alpha value is -0.830. The lowest BCUT2D eigenvalue weighted by atomic mass is 9.78. The Kier molecular flexibility index (Phi) is 3.30. The van der Waals surface area contributed by atoms with Gasteiger partial charge >= 0.3 is 0 Å². The van der Waals surface area contributed by atoms with E-state index >= 15 is 0 Å². The number of carbonyl (C=O) groups excluding carboxylic acids is 1. The van der Waals surface area contributed by atoms with Crippen molar-refractivity contribution in [3.05, 3.63) is 11.6 Å². The summed E-state index contributed by atoms with van der Waals surface area (Å²) < 4.78 is 0. The summed E-state index contributed by atoms with van der Waals surface area (Å²) in [6.07, 6.45) is 5.63. The first-order valence-electron chi connectivity index (χ1n) is 6.66. The van der Waals surface area contributed by atoms with Crippen molar-refractivity contribution in [1.29, 1.82) is 0 Å². The molecule has 3 heteroatoms. The third-order valence-corrected chi connectivity index (χ3v) is 3.84. The largest absolute Gasteiger partial charge is 0.388 e. The van der Waals surface area contributed by atoms with Crippen LogP contribution in [0.2, 0.25) is 0 Å². The van der Waals surface area contributed by atoms with Crippen molar-refractivity contribution in [2.24, 2.45) is 5.92 Å². The predicted octanol–water partition coefficient (Wildman–Crippen LogP) is 2.10. The lowest BCUT2D eigenvalue weighted by Crippen LogP contribution is -2.60. The molecule has 2 rings (SSSR count). The molecular weight excluding hydrogens is 214 g/mol. The molecule has 3 nitrogen and oxygen atoms in total. The summed E-state index contributed by atoms with van der Waals surface area (Å²) in [4.78, 5) is 14.2. The molecule has 2 aliphatic rings. The van der Waals surface area contributed by atoms with Crippen molar-refractivity contribution in [3.8, 4) is 0 Å². The van der Waals surface area contributed by atoms with Gasteiger partial charge in [-0.05, 0) is 32.1 Å². The molecule has 0 unspecified atom stereocenters. The maximum absolute atomic E-state index is 12.3. The van der Waals surface area contributed by atoms with Crippen LogP contribution in [0.5, 0.6) is 0 Å². The van der Waals surface area contributed by atoms with Gasteiger partial charge in [-0.2, -0.15) is 0 Å². The Morgan fingerprint density at radius 3 is 2.82 bits per heavy atom. The molecule has 0 aromatic carbocycles. The quantitative estimate of drug-likeness (QED) is 0.710. The Morgan fingerprint density at radius 1 is 1.47 bits per heavy atom. The first-order valence-corrected chi connectivity index (χ1v) is 6.66. The fourth-order valence-corrected chi connectivity index (χ4v) is 3.12. The average Bonchev–Trinajstić information content (AvgIpc) is 2.25. The number of aliphatic hydroxyl groups is 1. The van der Waals surface area contributed by atoms with Crippen molar-refractivity contribution in [2.75, 3.05) is 6.54 Å². The van der Waals surface area contributed by atoms with Crippen molar-refractivity contribution >= 4 is 5.91 Å². The van der Waals surface area contributed by atoms with Crippen LogP contribution in [-0.2, 0) is 4.79 Å². The number of allylic oxidation sites excluding steroid dienone is 1. The molecule has 1 amide bonds. The number of rotatable bonds is 1. The number of fused-ring (bicyclic) bond motifs is 1. The Balaban J connectivity index is 2.29. The monoisotopic (exact) mass is 237 g/mol. The molecule has 2 aliphatic heterocycles. The Labute approximate surface area is 103 Å². The molecule has 96 valence electrons. The van der Waals surface area contributed by atoms with Crippen LogP contribution in [0.1, 0.15) is 46.5 Å². The second kappa shape index (κ2) is 4.45. The van der Waals surface area contributed by atoms with Crippen LogP contribution in [0.3, 0.4) is 0 Å². The van der Waals surface area contributed by atoms with Crippen molar-refractivity contribution in [1.82, 2.24) is 4.90 Å². The lowest BCUT2D eigenvalue weighted by molar-refractivity contribution is -0.145. The van der Waals surface area contributed by atoms with Gasteiger partial charge in [0.25, 0.3) is 0 Å². The van der Waals surface area contributed by atoms with Gasteiger partial charge in [0.15, 0.2) is 0 Å². The summed E-state index contributed by atoms with van der Waals surface area (Å²) in [5.74, 6) is 0.501. The van der Waals surface area contributed by atoms with Gasteiger partial charge in [0.05, 0.1) is 11.6 Å². The van der Waals surface area contributed by atoms with Crippen LogP contribution in [0, 0.1) is 5.92 Å². The van der Waals surface area contributed by atoms with Crippen LogP contribution in [0.4, 0.5) is 0 Å². The second-order valence-electron chi connectivity index (χ2n) is 5.98. The summed E-state index contributed by atoms with van der Waals surface area (Å²) in [6, 6.07) is 0.0214. The molecule has 2 fully saturated rings. The van der Waals surface area contributed by atoms with Gasteiger partial charge in [0.2, 0.25) is 5.91 Å². The molecule has 0 aliphatic carbocycles. The minimum Gasteiger partial charge on any atom is -0.388 e. The van der Waals surface area contributed by atoms with Gasteiger partial charge < -0.3 is 10.0 Å². The molecule has 0 bridgehead atoms. The standard InChI is InChI=1S/C14H23NO2/c1-10(2)8-11-9-14(3,17)12-6-4-5-7-15(12)13(11)16/h8,10,12,17H,4-7,9H2,1-3H3/b11-8-/t12-,14-/m1/s1. The SMILES string of the molecule is CC(C)/C=C1/C[C@@](C)(O)[C@H]2CCCCN2C1=O. The molecule has 2 heterocycles. The van der Waals surface area contributed by atoms with Crippen molar-refractivity contribution < 1.29 is 9.90 Å². The zero-order chi connectivity index (χ0) is 12.6. The zero-order valence-corrected chi connectivity index (χ0v) is 11.1. The topological polar surface area (TPSA) is 40.5 Å². The molecule has 0 aromatic rings. The van der Waals surface area contributed by atoms with E-state index in [1.54, 1.807) is 0 Å². The number of carbonyl (C=O) groups is 1. The maximum atomic E-state index is 12.3. The number of nitrogens with zero attached hydrogens (tertiary/aromatic N) is 1. The molecule has 2 atom stereocenters. The highest BCUT2D eigenvalue weighted by molar-refractivity contribution is 5.95. The van der Waals surface area contributed by atoms with Crippen molar-refractivity contribution in [3.63, 3.8) is 0 Å². The predicted molar refractivity (Wildman–Crippen MR) is 67.5 cm³/mol. The van der Waals surface area contributed by atoms with E-state index in [4.69, 9.17) is 0 Å². The van der Waals surface area contributed by atoms with Gasteiger partial charge in [-0.3, -0.25) is 4.79 Å². The minimum absolute atomic E-state index is 0.0214. The van der Waals surface area contributed by atoms with E-state index in [2.05, 4.69) is 13.8 Å². The summed E-state index contributed by atoms with van der Waals surface area (Å²) in [6.45, 7) is 6.81. The van der Waals surface area contributed by atoms with E-state index in [0.29, 0.717) is 12.3 Å². The number of piperidine rings is 2. The lowest BCUT2D eigenvalue weighted by Gasteiger charge is -2.48. The third-order valence-electron chi connectivity index (χ3n) is 3.84. The average molecular weight is 237 g/mol. The van der Waals surface area contributed by atoms with E-state index in [9.17, 15) is 9.90 Å². The summed E-state index contributed by atoms with van der Waals surface area (Å²) in [5, 5.41) is 10.5. The highest BCUT2D eigenvalue weighted by atomic mass is 16.3. The molecule has 2 saturated heterocycles. The third kappa shape index (κ3) is 2.39. The highest BCUT2D eigenvalue weighted by Gasteiger charge is 2.45. The summed E-state index contributed by atoms with van der Waals surface area (Å²) in [7, 11) is 0. The van der Waals surface area contributed by atoms with Crippen LogP contribution in [0.25, 0.3) is 0 Å². The first-order chi connectivity index (χ1) is 7.92. The van der Waals surface area contributed by atoms with Crippen LogP contribution >= 0.6 is 0 Å². The minimum atomic E-state index is -0.755. The molecular formula is C14H23NO2. The Morgan fingerprint density at radius 2 is 2.18 bits per heavy atom. The number of hydrogen-bond acceptors (Lipinski definition) is 2. The van der Waals surface area contributed by atoms with Gasteiger partial charge in [0, 0.05) is 18.5 Å². The fourth-order valence-electron chi connectivity index (χ4n) is 3.12. The Bertz CT molecular complexity index is 344. The van der Waals surface area contributed by atoms with Gasteiger partial charge in [-0.15, -0.1) is 0 Å². The van der Waals surface area contributed by atoms with Crippen LogP contribution in [0.15, 0.2) is 11.6 Å². The van der Waals surface area contributed by atoms with E-state index in [1.807, 2.05) is 17.9 Å². The van der Waals surface area contributed by atoms with Crippen LogP contribution < -0.4 is 0 Å². The maximum Gasteiger partial charge on any atom is 0.249 e. The van der Waals surface area contributed by atoms with Crippen LogP contribution in [-0.4, -0.2) is 34.1 Å². The molecule has 0 radical (unpaired) electrons. The summed E-state index contributed by atoms with van der Waals surface area (Å²) in [5.41, 5.74) is 0.0397. The normalized spacial score (nSPS) is 36.5. The van der Waals surface area contributed by atoms with E-state index < -0.39 is 5.60 Å². The molecule has 0 saturated carbocycles. The van der Waals surface area contributed by atoms with E-state index in [0.717, 1.165) is 31.4 Å². The first kappa shape index (κ1) is 12.6. The molecule has 0 spiro atoms. The fraction of sp³-hybridized carbons (Fsp3) is 0.786. The number of amides is 1. The van der Waals surface area contributed by atoms with Gasteiger partial charge in [-0.25, -0.2) is 0 Å². The molecule has 17 heavy (non-hydrogen) atoms. The molecule has 0 aromatic heterocycles. The second-order valence-corrected chi connectivity index (χ2v) is 5.98. The highest BCUT2D eigenvalue weighted by Crippen LogP contribution is 2.37. The number of hydrogen-bond donors (Lipinski definition) is 1. The van der Waals surface area contributed by atoms with E-state index in [1.165, 1.54) is 0 Å².